The molecule has 0 saturated carbocycles. The summed E-state index contributed by atoms with van der Waals surface area (Å²) in [7, 11) is 0. The van der Waals surface area contributed by atoms with Gasteiger partial charge in [-0.25, -0.2) is 0 Å². The molecule has 0 atom stereocenters. The molecule has 0 unspecified atom stereocenters. The van der Waals surface area contributed by atoms with E-state index in [1.807, 2.05) is 48.5 Å². The van der Waals surface area contributed by atoms with E-state index in [-0.39, 0.29) is 0 Å². The van der Waals surface area contributed by atoms with Crippen molar-refractivity contribution < 1.29 is 9.47 Å². The van der Waals surface area contributed by atoms with Gasteiger partial charge in [0.05, 0.1) is 0 Å². The fourth-order valence-corrected chi connectivity index (χ4v) is 1.79. The first-order chi connectivity index (χ1) is 9.38. The van der Waals surface area contributed by atoms with Gasteiger partial charge >= 0.3 is 0 Å². The summed E-state index contributed by atoms with van der Waals surface area (Å²) in [6.07, 6.45) is 0.873. The van der Waals surface area contributed by atoms with Crippen molar-refractivity contribution in [1.82, 2.24) is 0 Å². The summed E-state index contributed by atoms with van der Waals surface area (Å²) in [6.45, 7) is 1.71. The zero-order valence-electron chi connectivity index (χ0n) is 10.9. The van der Waals surface area contributed by atoms with E-state index < -0.39 is 0 Å². The number of nitrogens with two attached hydrogens (primary N) is 1. The predicted molar refractivity (Wildman–Crippen MR) is 76.6 cm³/mol. The third-order valence-electron chi connectivity index (χ3n) is 2.70. The summed E-state index contributed by atoms with van der Waals surface area (Å²) in [5.41, 5.74) is 6.73. The van der Waals surface area contributed by atoms with Crippen LogP contribution >= 0.6 is 0 Å². The van der Waals surface area contributed by atoms with Crippen molar-refractivity contribution in [3.8, 4) is 11.5 Å². The molecule has 3 nitrogen and oxygen atoms in total. The quantitative estimate of drug-likeness (QED) is 0.775. The van der Waals surface area contributed by atoms with Crippen LogP contribution in [0.2, 0.25) is 0 Å². The molecule has 2 aromatic rings. The molecule has 0 spiro atoms. The molecule has 0 amide bonds. The van der Waals surface area contributed by atoms with Crippen molar-refractivity contribution in [2.75, 3.05) is 19.8 Å². The average molecular weight is 257 g/mol. The Labute approximate surface area is 114 Å². The van der Waals surface area contributed by atoms with Crippen molar-refractivity contribution in [2.45, 2.75) is 6.42 Å². The third kappa shape index (κ3) is 4.64. The summed E-state index contributed by atoms with van der Waals surface area (Å²) in [4.78, 5) is 0. The molecule has 0 fully saturated rings. The molecule has 0 radical (unpaired) electrons. The summed E-state index contributed by atoms with van der Waals surface area (Å²) in [6, 6.07) is 17.7. The van der Waals surface area contributed by atoms with E-state index in [2.05, 4.69) is 6.07 Å². The van der Waals surface area contributed by atoms with Gasteiger partial charge in [0.2, 0.25) is 0 Å². The van der Waals surface area contributed by atoms with Gasteiger partial charge in [-0.3, -0.25) is 0 Å². The van der Waals surface area contributed by atoms with Crippen LogP contribution in [-0.2, 0) is 6.42 Å². The molecule has 0 aromatic heterocycles. The highest BCUT2D eigenvalue weighted by atomic mass is 16.5. The first kappa shape index (κ1) is 13.4. The minimum atomic E-state index is 0.529. The highest BCUT2D eigenvalue weighted by Gasteiger charge is 1.97. The topological polar surface area (TPSA) is 44.5 Å². The molecule has 0 aliphatic carbocycles. The summed E-state index contributed by atoms with van der Waals surface area (Å²) >= 11 is 0. The summed E-state index contributed by atoms with van der Waals surface area (Å²) in [5.74, 6) is 1.73. The Morgan fingerprint density at radius 2 is 1.47 bits per heavy atom. The van der Waals surface area contributed by atoms with Gasteiger partial charge in [0.25, 0.3) is 0 Å². The Kier molecular flexibility index (Phi) is 5.26. The predicted octanol–water partition coefficient (Wildman–Crippen LogP) is 2.65. The molecule has 100 valence electrons. The number of benzene rings is 2. The lowest BCUT2D eigenvalue weighted by molar-refractivity contribution is 0.217. The zero-order chi connectivity index (χ0) is 13.3. The maximum atomic E-state index is 5.65. The van der Waals surface area contributed by atoms with Gasteiger partial charge in [-0.05, 0) is 42.8 Å². The maximum absolute atomic E-state index is 5.65. The molecule has 3 heteroatoms. The molecule has 0 saturated heterocycles. The van der Waals surface area contributed by atoms with E-state index in [1.54, 1.807) is 0 Å². The van der Waals surface area contributed by atoms with Crippen molar-refractivity contribution in [1.29, 1.82) is 0 Å². The van der Waals surface area contributed by atoms with Gasteiger partial charge in [-0.15, -0.1) is 0 Å². The Morgan fingerprint density at radius 3 is 2.21 bits per heavy atom. The first-order valence-corrected chi connectivity index (χ1v) is 6.48. The lowest BCUT2D eigenvalue weighted by Crippen LogP contribution is -2.09. The van der Waals surface area contributed by atoms with E-state index in [1.165, 1.54) is 5.56 Å². The molecule has 19 heavy (non-hydrogen) atoms. The minimum absolute atomic E-state index is 0.529. The van der Waals surface area contributed by atoms with Gasteiger partial charge in [0.15, 0.2) is 0 Å². The number of hydrogen-bond acceptors (Lipinski definition) is 3. The molecule has 2 aromatic carbocycles. The van der Waals surface area contributed by atoms with Gasteiger partial charge in [0.1, 0.15) is 24.7 Å². The Morgan fingerprint density at radius 1 is 0.789 bits per heavy atom. The molecule has 0 aliphatic heterocycles. The highest BCUT2D eigenvalue weighted by molar-refractivity contribution is 5.28. The van der Waals surface area contributed by atoms with Crippen molar-refractivity contribution >= 4 is 0 Å². The number of rotatable bonds is 7. The molecule has 0 aliphatic rings. The standard InChI is InChI=1S/C16H19NO2/c17-10-9-14-5-4-8-16(13-14)19-12-11-18-15-6-2-1-3-7-15/h1-8,13H,9-12,17H2. The molecule has 0 bridgehead atoms. The highest BCUT2D eigenvalue weighted by Crippen LogP contribution is 2.14. The monoisotopic (exact) mass is 257 g/mol. The van der Waals surface area contributed by atoms with E-state index in [0.29, 0.717) is 19.8 Å². The van der Waals surface area contributed by atoms with Crippen molar-refractivity contribution in [3.05, 3.63) is 60.2 Å². The Bertz CT molecular complexity index is 485. The first-order valence-electron chi connectivity index (χ1n) is 6.48. The average Bonchev–Trinajstić information content (AvgIpc) is 2.46. The fraction of sp³-hybridized carbons (Fsp3) is 0.250. The summed E-state index contributed by atoms with van der Waals surface area (Å²) in [5, 5.41) is 0. The maximum Gasteiger partial charge on any atom is 0.122 e. The van der Waals surface area contributed by atoms with Crippen LogP contribution in [0, 0.1) is 0 Å². The fourth-order valence-electron chi connectivity index (χ4n) is 1.79. The zero-order valence-corrected chi connectivity index (χ0v) is 10.9. The lowest BCUT2D eigenvalue weighted by atomic mass is 10.1. The van der Waals surface area contributed by atoms with Gasteiger partial charge in [-0.2, -0.15) is 0 Å². The molecule has 2 rings (SSSR count). The van der Waals surface area contributed by atoms with E-state index in [4.69, 9.17) is 15.2 Å². The van der Waals surface area contributed by atoms with Gasteiger partial charge < -0.3 is 15.2 Å². The molecular formula is C16H19NO2. The smallest absolute Gasteiger partial charge is 0.122 e. The van der Waals surface area contributed by atoms with E-state index in [9.17, 15) is 0 Å². The summed E-state index contributed by atoms with van der Waals surface area (Å²) < 4.78 is 11.2. The largest absolute Gasteiger partial charge is 0.490 e. The normalized spacial score (nSPS) is 10.2. The van der Waals surface area contributed by atoms with Crippen LogP contribution in [-0.4, -0.2) is 19.8 Å². The molecule has 0 heterocycles. The Balaban J connectivity index is 1.75. The Hall–Kier alpha value is -2.00. The van der Waals surface area contributed by atoms with Crippen LogP contribution in [0.3, 0.4) is 0 Å². The van der Waals surface area contributed by atoms with Crippen LogP contribution in [0.15, 0.2) is 54.6 Å². The number of ether oxygens (including phenoxy) is 2. The second-order valence-electron chi connectivity index (χ2n) is 4.20. The second-order valence-corrected chi connectivity index (χ2v) is 4.20. The van der Waals surface area contributed by atoms with Crippen LogP contribution in [0.5, 0.6) is 11.5 Å². The van der Waals surface area contributed by atoms with E-state index >= 15 is 0 Å². The van der Waals surface area contributed by atoms with Crippen LogP contribution in [0.4, 0.5) is 0 Å². The van der Waals surface area contributed by atoms with Crippen LogP contribution < -0.4 is 15.2 Å². The lowest BCUT2D eigenvalue weighted by Gasteiger charge is -2.09. The van der Waals surface area contributed by atoms with Gasteiger partial charge in [0, 0.05) is 0 Å². The SMILES string of the molecule is NCCc1cccc(OCCOc2ccccc2)c1. The number of para-hydroxylation sites is 1. The second kappa shape index (κ2) is 7.44. The van der Waals surface area contributed by atoms with Gasteiger partial charge in [-0.1, -0.05) is 30.3 Å². The molecular weight excluding hydrogens is 238 g/mol. The van der Waals surface area contributed by atoms with Crippen molar-refractivity contribution in [3.63, 3.8) is 0 Å². The third-order valence-corrected chi connectivity index (χ3v) is 2.70. The minimum Gasteiger partial charge on any atom is -0.490 e. The van der Waals surface area contributed by atoms with Crippen LogP contribution in [0.1, 0.15) is 5.56 Å². The van der Waals surface area contributed by atoms with E-state index in [0.717, 1.165) is 17.9 Å². The molecule has 2 N–H and O–H groups in total. The van der Waals surface area contributed by atoms with Crippen LogP contribution in [0.25, 0.3) is 0 Å². The van der Waals surface area contributed by atoms with Crippen molar-refractivity contribution in [2.24, 2.45) is 5.73 Å². The number of hydrogen-bond donors (Lipinski definition) is 1.